The topological polar surface area (TPSA) is 33.2 Å². The summed E-state index contributed by atoms with van der Waals surface area (Å²) in [6.45, 7) is 6.85. The summed E-state index contributed by atoms with van der Waals surface area (Å²) in [6.07, 6.45) is 6.46. The number of anilines is 1. The highest BCUT2D eigenvalue weighted by Gasteiger charge is 2.31. The van der Waals surface area contributed by atoms with Crippen LogP contribution in [0.3, 0.4) is 0 Å². The number of aryl methyl sites for hydroxylation is 1. The average molecular weight is 278 g/mol. The predicted octanol–water partition coefficient (Wildman–Crippen LogP) is 3.68. The second-order valence-electron chi connectivity index (χ2n) is 6.20. The highest BCUT2D eigenvalue weighted by Crippen LogP contribution is 2.38. The molecule has 1 fully saturated rings. The quantitative estimate of drug-likeness (QED) is 0.827. The first-order valence-electron chi connectivity index (χ1n) is 7.39. The van der Waals surface area contributed by atoms with E-state index in [1.165, 1.54) is 24.1 Å². The van der Waals surface area contributed by atoms with Gasteiger partial charge in [-0.25, -0.2) is 4.98 Å². The lowest BCUT2D eigenvalue weighted by atomic mass is 9.78. The molecule has 2 heterocycles. The van der Waals surface area contributed by atoms with Crippen LogP contribution < -0.4 is 4.90 Å². The molecule has 0 aromatic carbocycles. The minimum atomic E-state index is 0.249. The Kier molecular flexibility index (Phi) is 3.37. The molecular formula is C15H22N2OS. The first-order valence-corrected chi connectivity index (χ1v) is 8.21. The molecule has 0 radical (unpaired) electrons. The second kappa shape index (κ2) is 4.89. The molecule has 4 heteroatoms. The molecule has 0 amide bonds. The molecule has 1 aliphatic carbocycles. The van der Waals surface area contributed by atoms with Crippen LogP contribution in [0.25, 0.3) is 0 Å². The Morgan fingerprint density at radius 2 is 2.05 bits per heavy atom. The zero-order valence-electron chi connectivity index (χ0n) is 11.9. The fourth-order valence-corrected chi connectivity index (χ4v) is 4.15. The van der Waals surface area contributed by atoms with Crippen molar-refractivity contribution >= 4 is 22.3 Å². The number of fused-ring (bicyclic) bond motifs is 1. The van der Waals surface area contributed by atoms with Crippen molar-refractivity contribution in [1.29, 1.82) is 0 Å². The predicted molar refractivity (Wildman–Crippen MR) is 79.2 cm³/mol. The zero-order chi connectivity index (χ0) is 13.5. The summed E-state index contributed by atoms with van der Waals surface area (Å²) >= 11 is 1.75. The number of piperidine rings is 1. The fourth-order valence-electron chi connectivity index (χ4n) is 2.98. The van der Waals surface area contributed by atoms with Gasteiger partial charge in [0, 0.05) is 24.4 Å². The van der Waals surface area contributed by atoms with Gasteiger partial charge >= 0.3 is 0 Å². The molecule has 0 atom stereocenters. The summed E-state index contributed by atoms with van der Waals surface area (Å²) < 4.78 is 0. The van der Waals surface area contributed by atoms with Crippen molar-refractivity contribution in [2.75, 3.05) is 18.0 Å². The van der Waals surface area contributed by atoms with Crippen molar-refractivity contribution in [1.82, 2.24) is 4.98 Å². The Morgan fingerprint density at radius 1 is 1.32 bits per heavy atom. The van der Waals surface area contributed by atoms with Gasteiger partial charge in [0.15, 0.2) is 10.9 Å². The number of hydrogen-bond donors (Lipinski definition) is 0. The summed E-state index contributed by atoms with van der Waals surface area (Å²) in [5, 5.41) is 1.08. The third kappa shape index (κ3) is 2.42. The van der Waals surface area contributed by atoms with Gasteiger partial charge in [0.1, 0.15) is 5.69 Å². The lowest BCUT2D eigenvalue weighted by molar-refractivity contribution is 0.0968. The van der Waals surface area contributed by atoms with E-state index in [2.05, 4.69) is 23.7 Å². The van der Waals surface area contributed by atoms with Crippen molar-refractivity contribution in [3.05, 3.63) is 10.6 Å². The number of carbonyl (C=O) groups is 1. The van der Waals surface area contributed by atoms with Gasteiger partial charge in [-0.2, -0.15) is 0 Å². The Labute approximate surface area is 119 Å². The van der Waals surface area contributed by atoms with E-state index in [1.807, 2.05) is 0 Å². The third-order valence-electron chi connectivity index (χ3n) is 4.85. The fraction of sp³-hybridized carbons (Fsp3) is 0.733. The Bertz CT molecular complexity index is 486. The van der Waals surface area contributed by atoms with Gasteiger partial charge in [-0.15, -0.1) is 11.3 Å². The number of hydrogen-bond acceptors (Lipinski definition) is 4. The number of ketones is 1. The van der Waals surface area contributed by atoms with Crippen LogP contribution in [0.15, 0.2) is 0 Å². The first kappa shape index (κ1) is 13.1. The van der Waals surface area contributed by atoms with E-state index in [-0.39, 0.29) is 5.78 Å². The molecule has 1 saturated heterocycles. The normalized spacial score (nSPS) is 22.4. The molecule has 0 unspecified atom stereocenters. The molecule has 19 heavy (non-hydrogen) atoms. The Hall–Kier alpha value is -0.900. The number of rotatable bonds is 2. The molecule has 0 bridgehead atoms. The molecule has 2 aliphatic rings. The number of carbonyl (C=O) groups excluding carboxylic acids is 1. The third-order valence-corrected chi connectivity index (χ3v) is 6.03. The van der Waals surface area contributed by atoms with Crippen LogP contribution in [0.2, 0.25) is 0 Å². The molecule has 1 aliphatic heterocycles. The largest absolute Gasteiger partial charge is 0.348 e. The molecule has 0 N–H and O–H groups in total. The van der Waals surface area contributed by atoms with Gasteiger partial charge in [0.25, 0.3) is 0 Å². The van der Waals surface area contributed by atoms with E-state index in [1.54, 1.807) is 11.3 Å². The van der Waals surface area contributed by atoms with Gasteiger partial charge < -0.3 is 4.90 Å². The summed E-state index contributed by atoms with van der Waals surface area (Å²) in [7, 11) is 0. The van der Waals surface area contributed by atoms with E-state index in [0.717, 1.165) is 36.8 Å². The van der Waals surface area contributed by atoms with Crippen LogP contribution in [0.1, 0.15) is 61.3 Å². The van der Waals surface area contributed by atoms with E-state index < -0.39 is 0 Å². The Morgan fingerprint density at radius 3 is 2.68 bits per heavy atom. The molecular weight excluding hydrogens is 256 g/mol. The number of aromatic nitrogens is 1. The minimum absolute atomic E-state index is 0.249. The van der Waals surface area contributed by atoms with E-state index >= 15 is 0 Å². The smallest absolute Gasteiger partial charge is 0.186 e. The van der Waals surface area contributed by atoms with Crippen molar-refractivity contribution in [2.24, 2.45) is 5.41 Å². The highest BCUT2D eigenvalue weighted by atomic mass is 32.1. The highest BCUT2D eigenvalue weighted by molar-refractivity contribution is 7.16. The van der Waals surface area contributed by atoms with Gasteiger partial charge in [0.05, 0.1) is 0 Å². The molecule has 0 spiro atoms. The van der Waals surface area contributed by atoms with E-state index in [4.69, 9.17) is 0 Å². The Balaban J connectivity index is 1.76. The lowest BCUT2D eigenvalue weighted by Crippen LogP contribution is -2.38. The average Bonchev–Trinajstić information content (AvgIpc) is 2.85. The van der Waals surface area contributed by atoms with E-state index in [9.17, 15) is 4.79 Å². The summed E-state index contributed by atoms with van der Waals surface area (Å²) in [4.78, 5) is 20.1. The molecule has 1 aromatic heterocycles. The minimum Gasteiger partial charge on any atom is -0.348 e. The van der Waals surface area contributed by atoms with Crippen LogP contribution in [-0.4, -0.2) is 23.9 Å². The number of Topliss-reactive ketones (excluding diaryl/α,β-unsaturated/α-hetero) is 1. The van der Waals surface area contributed by atoms with Crippen LogP contribution >= 0.6 is 11.3 Å². The van der Waals surface area contributed by atoms with Gasteiger partial charge in [-0.3, -0.25) is 4.79 Å². The molecule has 104 valence electrons. The SMILES string of the molecule is CCC1(C)CCN(c2nc3c(s2)CCCC3=O)CC1. The molecule has 0 saturated carbocycles. The summed E-state index contributed by atoms with van der Waals surface area (Å²) in [6, 6.07) is 0. The summed E-state index contributed by atoms with van der Waals surface area (Å²) in [5.74, 6) is 0.249. The van der Waals surface area contributed by atoms with Crippen molar-refractivity contribution in [2.45, 2.75) is 52.4 Å². The van der Waals surface area contributed by atoms with Gasteiger partial charge in [-0.1, -0.05) is 20.3 Å². The molecule has 3 nitrogen and oxygen atoms in total. The zero-order valence-corrected chi connectivity index (χ0v) is 12.7. The van der Waals surface area contributed by atoms with Crippen molar-refractivity contribution < 1.29 is 4.79 Å². The molecule has 1 aromatic rings. The maximum absolute atomic E-state index is 11.9. The van der Waals surface area contributed by atoms with Gasteiger partial charge in [0.2, 0.25) is 0 Å². The number of thiazole rings is 1. The van der Waals surface area contributed by atoms with Crippen LogP contribution in [0.4, 0.5) is 5.13 Å². The van der Waals surface area contributed by atoms with Crippen molar-refractivity contribution in [3.63, 3.8) is 0 Å². The molecule has 3 rings (SSSR count). The standard InChI is InChI=1S/C15H22N2OS/c1-3-15(2)7-9-17(10-8-15)14-16-13-11(18)5-4-6-12(13)19-14/h3-10H2,1-2H3. The second-order valence-corrected chi connectivity index (χ2v) is 7.26. The van der Waals surface area contributed by atoms with Crippen LogP contribution in [0, 0.1) is 5.41 Å². The first-order chi connectivity index (χ1) is 9.11. The van der Waals surface area contributed by atoms with Gasteiger partial charge in [-0.05, 0) is 31.1 Å². The summed E-state index contributed by atoms with van der Waals surface area (Å²) in [5.41, 5.74) is 1.28. The maximum atomic E-state index is 11.9. The van der Waals surface area contributed by atoms with Crippen LogP contribution in [0.5, 0.6) is 0 Å². The monoisotopic (exact) mass is 278 g/mol. The van der Waals surface area contributed by atoms with Crippen LogP contribution in [-0.2, 0) is 6.42 Å². The maximum Gasteiger partial charge on any atom is 0.186 e. The van der Waals surface area contributed by atoms with Crippen molar-refractivity contribution in [3.8, 4) is 0 Å². The lowest BCUT2D eigenvalue weighted by Gasteiger charge is -2.38. The number of nitrogens with zero attached hydrogens (tertiary/aromatic N) is 2. The van der Waals surface area contributed by atoms with E-state index in [0.29, 0.717) is 11.8 Å².